The van der Waals surface area contributed by atoms with Crippen molar-refractivity contribution in [3.8, 4) is 0 Å². The zero-order chi connectivity index (χ0) is 29.3. The van der Waals surface area contributed by atoms with Crippen LogP contribution in [0, 0.1) is 41.4 Å². The standard InChI is InChI=1S/C40H54OSi/c1-29-28-37-31(30-18-9-8-10-19-30)24-17-25-36(37)38(29)42(5,27-16-7-6-15-26-41-40(2,3)4)39-34-22-13-11-20-32(34)33-21-12-14-23-35(33)39/h8-14,17-25,29,32-39H,6-7,15-16,26-28H2,1-5H3. The summed E-state index contributed by atoms with van der Waals surface area (Å²) in [5.74, 6) is 4.84. The first kappa shape index (κ1) is 29.9. The van der Waals surface area contributed by atoms with Crippen molar-refractivity contribution in [2.75, 3.05) is 6.61 Å². The summed E-state index contributed by atoms with van der Waals surface area (Å²) in [6.07, 6.45) is 33.9. The quantitative estimate of drug-likeness (QED) is 0.198. The van der Waals surface area contributed by atoms with E-state index in [1.807, 2.05) is 0 Å². The zero-order valence-corrected chi connectivity index (χ0v) is 27.8. The van der Waals surface area contributed by atoms with Crippen molar-refractivity contribution in [3.05, 3.63) is 103 Å². The Morgan fingerprint density at radius 3 is 1.95 bits per heavy atom. The fourth-order valence-electron chi connectivity index (χ4n) is 10.2. The number of unbranched alkanes of at least 4 members (excludes halogenated alkanes) is 3. The van der Waals surface area contributed by atoms with Gasteiger partial charge in [0.05, 0.1) is 13.7 Å². The van der Waals surface area contributed by atoms with Crippen LogP contribution in [-0.2, 0) is 4.74 Å². The minimum atomic E-state index is -1.78. The van der Waals surface area contributed by atoms with E-state index in [1.165, 1.54) is 43.7 Å². The van der Waals surface area contributed by atoms with Crippen molar-refractivity contribution >= 4 is 13.6 Å². The Bertz CT molecular complexity index is 1220. The van der Waals surface area contributed by atoms with Gasteiger partial charge in [0, 0.05) is 6.61 Å². The molecule has 5 aliphatic rings. The molecule has 1 nitrogen and oxygen atoms in total. The largest absolute Gasteiger partial charge is 0.376 e. The van der Waals surface area contributed by atoms with Crippen LogP contribution in [-0.4, -0.2) is 20.3 Å². The van der Waals surface area contributed by atoms with Gasteiger partial charge in [-0.3, -0.25) is 0 Å². The SMILES string of the molecule is CC1CC2C(c3ccccc3)=CC=CC2C1[Si](C)(CCCCCCOC(C)(C)C)C1C2C=CC=CC2C2C=CC=CC21. The van der Waals surface area contributed by atoms with Gasteiger partial charge in [0.15, 0.2) is 0 Å². The van der Waals surface area contributed by atoms with Crippen molar-refractivity contribution in [1.29, 1.82) is 0 Å². The van der Waals surface area contributed by atoms with Gasteiger partial charge in [0.2, 0.25) is 0 Å². The van der Waals surface area contributed by atoms with Crippen molar-refractivity contribution in [2.24, 2.45) is 41.4 Å². The van der Waals surface area contributed by atoms with Crippen LogP contribution in [0.1, 0.15) is 65.4 Å². The third-order valence-corrected chi connectivity index (χ3v) is 17.8. The lowest BCUT2D eigenvalue weighted by Gasteiger charge is -2.48. The molecular formula is C40H54OSi. The van der Waals surface area contributed by atoms with Crippen molar-refractivity contribution in [1.82, 2.24) is 0 Å². The lowest BCUT2D eigenvalue weighted by molar-refractivity contribution is -0.00471. The van der Waals surface area contributed by atoms with Crippen LogP contribution >= 0.6 is 0 Å². The van der Waals surface area contributed by atoms with E-state index in [0.29, 0.717) is 35.5 Å². The molecule has 0 aromatic heterocycles. The fraction of sp³-hybridized carbons (Fsp3) is 0.550. The first-order valence-electron chi connectivity index (χ1n) is 17.1. The number of hydrogen-bond acceptors (Lipinski definition) is 1. The molecule has 0 heterocycles. The molecule has 0 radical (unpaired) electrons. The van der Waals surface area contributed by atoms with E-state index in [-0.39, 0.29) is 5.60 Å². The highest BCUT2D eigenvalue weighted by molar-refractivity contribution is 6.82. The Kier molecular flexibility index (Phi) is 8.86. The first-order valence-corrected chi connectivity index (χ1v) is 19.9. The number of hydrogen-bond donors (Lipinski definition) is 0. The van der Waals surface area contributed by atoms with Gasteiger partial charge in [0.1, 0.15) is 0 Å². The molecule has 224 valence electrons. The van der Waals surface area contributed by atoms with Gasteiger partial charge in [-0.2, -0.15) is 0 Å². The molecule has 5 aliphatic carbocycles. The molecule has 2 fully saturated rings. The third kappa shape index (κ3) is 5.83. The van der Waals surface area contributed by atoms with Gasteiger partial charge in [-0.25, -0.2) is 0 Å². The molecule has 6 rings (SSSR count). The molecule has 0 bridgehead atoms. The predicted octanol–water partition coefficient (Wildman–Crippen LogP) is 10.8. The van der Waals surface area contributed by atoms with E-state index in [0.717, 1.165) is 23.6 Å². The minimum Gasteiger partial charge on any atom is -0.376 e. The Labute approximate surface area is 257 Å². The third-order valence-electron chi connectivity index (χ3n) is 11.6. The van der Waals surface area contributed by atoms with Crippen LogP contribution in [0.5, 0.6) is 0 Å². The Balaban J connectivity index is 1.28. The second-order valence-corrected chi connectivity index (χ2v) is 20.1. The van der Waals surface area contributed by atoms with Gasteiger partial charge in [-0.1, -0.05) is 136 Å². The summed E-state index contributed by atoms with van der Waals surface area (Å²) >= 11 is 0. The van der Waals surface area contributed by atoms with E-state index < -0.39 is 8.07 Å². The van der Waals surface area contributed by atoms with Gasteiger partial charge < -0.3 is 4.74 Å². The second kappa shape index (κ2) is 12.4. The fourth-order valence-corrected chi connectivity index (χ4v) is 17.4. The molecule has 0 saturated heterocycles. The maximum absolute atomic E-state index is 6.05. The Hall–Kier alpha value is -2.16. The van der Waals surface area contributed by atoms with Gasteiger partial charge in [-0.05, 0) is 97.3 Å². The predicted molar refractivity (Wildman–Crippen MR) is 183 cm³/mol. The lowest BCUT2D eigenvalue weighted by atomic mass is 9.81. The Morgan fingerprint density at radius 1 is 0.714 bits per heavy atom. The van der Waals surface area contributed by atoms with Gasteiger partial charge in [0.25, 0.3) is 0 Å². The number of benzene rings is 1. The number of fused-ring (bicyclic) bond motifs is 4. The molecule has 9 atom stereocenters. The zero-order valence-electron chi connectivity index (χ0n) is 26.8. The first-order chi connectivity index (χ1) is 20.3. The van der Waals surface area contributed by atoms with Crippen LogP contribution in [0.15, 0.2) is 97.2 Å². The molecule has 2 heteroatoms. The average Bonchev–Trinajstić information content (AvgIpc) is 3.51. The van der Waals surface area contributed by atoms with Crippen LogP contribution < -0.4 is 0 Å². The summed E-state index contributed by atoms with van der Waals surface area (Å²) in [5.41, 5.74) is 4.65. The van der Waals surface area contributed by atoms with Crippen LogP contribution in [0.4, 0.5) is 0 Å². The molecular weight excluding hydrogens is 525 g/mol. The van der Waals surface area contributed by atoms with E-state index >= 15 is 0 Å². The smallest absolute Gasteiger partial charge is 0.0598 e. The minimum absolute atomic E-state index is 0.0271. The van der Waals surface area contributed by atoms with Crippen LogP contribution in [0.25, 0.3) is 5.57 Å². The molecule has 0 aliphatic heterocycles. The highest BCUT2D eigenvalue weighted by Gasteiger charge is 2.61. The molecule has 9 unspecified atom stereocenters. The van der Waals surface area contributed by atoms with Crippen molar-refractivity contribution in [2.45, 2.75) is 89.1 Å². The monoisotopic (exact) mass is 578 g/mol. The normalized spacial score (nSPS) is 35.9. The van der Waals surface area contributed by atoms with Crippen molar-refractivity contribution < 1.29 is 4.74 Å². The summed E-state index contributed by atoms with van der Waals surface area (Å²) in [6.45, 7) is 12.9. The summed E-state index contributed by atoms with van der Waals surface area (Å²) in [5, 5.41) is 0. The van der Waals surface area contributed by atoms with Crippen LogP contribution in [0.2, 0.25) is 23.7 Å². The van der Waals surface area contributed by atoms with E-state index in [9.17, 15) is 0 Å². The Morgan fingerprint density at radius 2 is 1.31 bits per heavy atom. The number of allylic oxidation sites excluding steroid dienone is 12. The van der Waals surface area contributed by atoms with E-state index in [4.69, 9.17) is 4.74 Å². The summed E-state index contributed by atoms with van der Waals surface area (Å²) in [4.78, 5) is 0. The van der Waals surface area contributed by atoms with Gasteiger partial charge in [-0.15, -0.1) is 0 Å². The molecule has 1 aromatic rings. The maximum atomic E-state index is 6.05. The summed E-state index contributed by atoms with van der Waals surface area (Å²) in [7, 11) is -1.78. The van der Waals surface area contributed by atoms with E-state index in [2.05, 4.69) is 131 Å². The molecule has 42 heavy (non-hydrogen) atoms. The lowest BCUT2D eigenvalue weighted by Crippen LogP contribution is -2.48. The average molecular weight is 579 g/mol. The molecule has 2 saturated carbocycles. The molecule has 1 aromatic carbocycles. The summed E-state index contributed by atoms with van der Waals surface area (Å²) in [6, 6.07) is 12.7. The van der Waals surface area contributed by atoms with Crippen molar-refractivity contribution in [3.63, 3.8) is 0 Å². The van der Waals surface area contributed by atoms with Crippen LogP contribution in [0.3, 0.4) is 0 Å². The molecule has 0 amide bonds. The number of ether oxygens (including phenoxy) is 1. The molecule has 0 spiro atoms. The maximum Gasteiger partial charge on any atom is 0.0598 e. The topological polar surface area (TPSA) is 9.23 Å². The van der Waals surface area contributed by atoms with E-state index in [1.54, 1.807) is 5.57 Å². The second-order valence-electron chi connectivity index (χ2n) is 15.3. The number of rotatable bonds is 10. The molecule has 0 N–H and O–H groups in total. The van der Waals surface area contributed by atoms with Gasteiger partial charge >= 0.3 is 0 Å². The highest BCUT2D eigenvalue weighted by Crippen LogP contribution is 2.66. The highest BCUT2D eigenvalue weighted by atomic mass is 28.3. The summed E-state index contributed by atoms with van der Waals surface area (Å²) < 4.78 is 6.05.